The number of nitro benzene ring substituents is 1. The minimum absolute atomic E-state index is 0.0326. The maximum Gasteiger partial charge on any atom is 0.277 e. The van der Waals surface area contributed by atoms with Crippen LogP contribution in [-0.2, 0) is 12.5 Å². The quantitative estimate of drug-likeness (QED) is 0.404. The molecule has 1 heterocycles. The summed E-state index contributed by atoms with van der Waals surface area (Å²) >= 11 is 10.6. The second-order valence-electron chi connectivity index (χ2n) is 4.04. The van der Waals surface area contributed by atoms with Crippen LogP contribution in [0.3, 0.4) is 0 Å². The Morgan fingerprint density at radius 3 is 2.67 bits per heavy atom. The molecule has 0 saturated carbocycles. The largest absolute Gasteiger partial charge is 0.493 e. The number of rotatable bonds is 6. The summed E-state index contributed by atoms with van der Waals surface area (Å²) in [5.41, 5.74) is 0.317. The summed E-state index contributed by atoms with van der Waals surface area (Å²) in [7, 11) is 1.48. The van der Waals surface area contributed by atoms with E-state index in [-0.39, 0.29) is 11.6 Å². The molecule has 21 heavy (non-hydrogen) atoms. The van der Waals surface area contributed by atoms with E-state index < -0.39 is 4.92 Å². The number of methoxy groups -OCH3 is 1. The molecule has 8 heteroatoms. The van der Waals surface area contributed by atoms with E-state index in [1.165, 1.54) is 30.6 Å². The lowest BCUT2D eigenvalue weighted by atomic mass is 10.2. The van der Waals surface area contributed by atoms with Gasteiger partial charge in [0.25, 0.3) is 5.69 Å². The molecule has 2 aromatic rings. The van der Waals surface area contributed by atoms with Gasteiger partial charge in [-0.25, -0.2) is 0 Å². The third-order valence-corrected chi connectivity index (χ3v) is 4.66. The van der Waals surface area contributed by atoms with E-state index in [9.17, 15) is 10.1 Å². The van der Waals surface area contributed by atoms with Gasteiger partial charge in [0.05, 0.1) is 24.0 Å². The minimum Gasteiger partial charge on any atom is -0.493 e. The third-order valence-electron chi connectivity index (χ3n) is 2.70. The Hall–Kier alpha value is -1.31. The summed E-state index contributed by atoms with van der Waals surface area (Å²) < 4.78 is 11.8. The normalized spacial score (nSPS) is 10.4. The highest BCUT2D eigenvalue weighted by atomic mass is 79.9. The number of halogens is 2. The van der Waals surface area contributed by atoms with Crippen molar-refractivity contribution < 1.29 is 14.4 Å². The van der Waals surface area contributed by atoms with Gasteiger partial charge in [0.1, 0.15) is 6.61 Å². The second-order valence-corrected chi connectivity index (χ2v) is 6.22. The summed E-state index contributed by atoms with van der Waals surface area (Å²) in [6, 6.07) is 4.81. The first-order valence-corrected chi connectivity index (χ1v) is 8.03. The van der Waals surface area contributed by atoms with Crippen molar-refractivity contribution in [3.8, 4) is 11.5 Å². The molecule has 0 aliphatic rings. The molecule has 0 unspecified atom stereocenters. The van der Waals surface area contributed by atoms with E-state index in [0.717, 1.165) is 9.35 Å². The second kappa shape index (κ2) is 7.11. The van der Waals surface area contributed by atoms with Crippen molar-refractivity contribution in [1.29, 1.82) is 0 Å². The Bertz CT molecular complexity index is 662. The molecule has 1 aromatic heterocycles. The number of benzene rings is 1. The number of nitrogens with zero attached hydrogens (tertiary/aromatic N) is 1. The lowest BCUT2D eigenvalue weighted by molar-refractivity contribution is -0.385. The van der Waals surface area contributed by atoms with E-state index in [1.807, 2.05) is 11.4 Å². The summed E-state index contributed by atoms with van der Waals surface area (Å²) in [6.45, 7) is 0.310. The molecular weight excluding hydrogens is 382 g/mol. The molecule has 0 aliphatic carbocycles. The molecule has 0 spiro atoms. The Morgan fingerprint density at radius 1 is 1.38 bits per heavy atom. The molecule has 0 fully saturated rings. The Balaban J connectivity index is 2.28. The fourth-order valence-electron chi connectivity index (χ4n) is 1.72. The van der Waals surface area contributed by atoms with Gasteiger partial charge in [0.15, 0.2) is 11.5 Å². The summed E-state index contributed by atoms with van der Waals surface area (Å²) in [4.78, 5) is 11.6. The topological polar surface area (TPSA) is 61.6 Å². The van der Waals surface area contributed by atoms with E-state index in [0.29, 0.717) is 23.7 Å². The summed E-state index contributed by atoms with van der Waals surface area (Å²) in [5, 5.41) is 13.0. The van der Waals surface area contributed by atoms with Crippen LogP contribution < -0.4 is 9.47 Å². The van der Waals surface area contributed by atoms with E-state index in [1.54, 1.807) is 0 Å². The predicted octanol–water partition coefficient (Wildman–Crippen LogP) is 4.75. The van der Waals surface area contributed by atoms with Crippen LogP contribution in [0.25, 0.3) is 0 Å². The fourth-order valence-corrected chi connectivity index (χ4v) is 3.30. The Labute approximate surface area is 138 Å². The van der Waals surface area contributed by atoms with Crippen molar-refractivity contribution in [1.82, 2.24) is 0 Å². The monoisotopic (exact) mass is 391 g/mol. The van der Waals surface area contributed by atoms with Gasteiger partial charge < -0.3 is 9.47 Å². The van der Waals surface area contributed by atoms with E-state index >= 15 is 0 Å². The Kier molecular flexibility index (Phi) is 5.44. The maximum absolute atomic E-state index is 11.1. The molecule has 0 atom stereocenters. The smallest absolute Gasteiger partial charge is 0.277 e. The molecule has 2 rings (SSSR count). The molecule has 0 N–H and O–H groups in total. The van der Waals surface area contributed by atoms with E-state index in [2.05, 4.69) is 15.9 Å². The molecule has 0 amide bonds. The molecule has 112 valence electrons. The van der Waals surface area contributed by atoms with Gasteiger partial charge >= 0.3 is 0 Å². The molecular formula is C13H11BrClNO4S. The zero-order valence-corrected chi connectivity index (χ0v) is 14.1. The van der Waals surface area contributed by atoms with Crippen LogP contribution in [0.4, 0.5) is 5.69 Å². The lowest BCUT2D eigenvalue weighted by Gasteiger charge is -2.11. The highest BCUT2D eigenvalue weighted by molar-refractivity contribution is 9.10. The van der Waals surface area contributed by atoms with Crippen LogP contribution >= 0.6 is 38.9 Å². The average molecular weight is 393 g/mol. The van der Waals surface area contributed by atoms with Gasteiger partial charge in [-0.05, 0) is 28.1 Å². The first-order chi connectivity index (χ1) is 10.0. The van der Waals surface area contributed by atoms with Crippen LogP contribution in [0.5, 0.6) is 11.5 Å². The summed E-state index contributed by atoms with van der Waals surface area (Å²) in [6.07, 6.45) is 0. The van der Waals surface area contributed by atoms with Crippen molar-refractivity contribution in [3.63, 3.8) is 0 Å². The zero-order valence-electron chi connectivity index (χ0n) is 11.0. The molecule has 5 nitrogen and oxygen atoms in total. The first kappa shape index (κ1) is 16.1. The highest BCUT2D eigenvalue weighted by Crippen LogP contribution is 2.36. The van der Waals surface area contributed by atoms with Crippen LogP contribution in [0.2, 0.25) is 0 Å². The molecule has 0 radical (unpaired) electrons. The SMILES string of the molecule is COc1cc(CCl)c([N+](=O)[O-])cc1OCc1cc(Br)cs1. The number of alkyl halides is 1. The van der Waals surface area contributed by atoms with Gasteiger partial charge in [-0.1, -0.05) is 0 Å². The van der Waals surface area contributed by atoms with Crippen LogP contribution in [0, 0.1) is 10.1 Å². The number of ether oxygens (including phenoxy) is 2. The molecule has 0 saturated heterocycles. The Morgan fingerprint density at radius 2 is 2.14 bits per heavy atom. The molecule has 0 aliphatic heterocycles. The van der Waals surface area contributed by atoms with Crippen molar-refractivity contribution in [3.05, 3.63) is 48.6 Å². The average Bonchev–Trinajstić information content (AvgIpc) is 2.89. The number of hydrogen-bond acceptors (Lipinski definition) is 5. The lowest BCUT2D eigenvalue weighted by Crippen LogP contribution is -2.00. The highest BCUT2D eigenvalue weighted by Gasteiger charge is 2.19. The number of nitro groups is 1. The van der Waals surface area contributed by atoms with Crippen molar-refractivity contribution in [2.24, 2.45) is 0 Å². The van der Waals surface area contributed by atoms with Crippen LogP contribution in [-0.4, -0.2) is 12.0 Å². The fraction of sp³-hybridized carbons (Fsp3) is 0.231. The van der Waals surface area contributed by atoms with Crippen molar-refractivity contribution in [2.75, 3.05) is 7.11 Å². The number of thiophene rings is 1. The minimum atomic E-state index is -0.480. The predicted molar refractivity (Wildman–Crippen MR) is 85.6 cm³/mol. The number of hydrogen-bond donors (Lipinski definition) is 0. The standard InChI is InChI=1S/C13H11BrClNO4S/c1-19-12-2-8(5-15)11(16(17)18)4-13(12)20-6-10-3-9(14)7-21-10/h2-4,7H,5-6H2,1H3. The zero-order chi connectivity index (χ0) is 15.4. The molecule has 1 aromatic carbocycles. The van der Waals surface area contributed by atoms with Gasteiger partial charge in [-0.3, -0.25) is 10.1 Å². The van der Waals surface area contributed by atoms with Gasteiger partial charge in [0, 0.05) is 20.3 Å². The van der Waals surface area contributed by atoms with Crippen LogP contribution in [0.15, 0.2) is 28.1 Å². The van der Waals surface area contributed by atoms with E-state index in [4.69, 9.17) is 21.1 Å². The summed E-state index contributed by atoms with van der Waals surface area (Å²) in [5.74, 6) is 0.777. The molecule has 0 bridgehead atoms. The van der Waals surface area contributed by atoms with Crippen molar-refractivity contribution >= 4 is 44.6 Å². The first-order valence-electron chi connectivity index (χ1n) is 5.82. The van der Waals surface area contributed by atoms with Crippen LogP contribution in [0.1, 0.15) is 10.4 Å². The van der Waals surface area contributed by atoms with Gasteiger partial charge in [0.2, 0.25) is 0 Å². The van der Waals surface area contributed by atoms with Gasteiger partial charge in [-0.2, -0.15) is 0 Å². The van der Waals surface area contributed by atoms with Crippen molar-refractivity contribution in [2.45, 2.75) is 12.5 Å². The maximum atomic E-state index is 11.1. The third kappa shape index (κ3) is 3.87. The van der Waals surface area contributed by atoms with Gasteiger partial charge in [-0.15, -0.1) is 22.9 Å².